The van der Waals surface area contributed by atoms with E-state index in [1.54, 1.807) is 36.4 Å². The van der Waals surface area contributed by atoms with Gasteiger partial charge in [-0.15, -0.1) is 0 Å². The van der Waals surface area contributed by atoms with Crippen molar-refractivity contribution in [2.45, 2.75) is 0 Å². The van der Waals surface area contributed by atoms with Crippen LogP contribution in [0, 0.1) is 0 Å². The van der Waals surface area contributed by atoms with Crippen LogP contribution >= 0.6 is 35.0 Å². The number of imide groups is 1. The molecule has 1 aliphatic rings. The summed E-state index contributed by atoms with van der Waals surface area (Å²) in [7, 11) is 2.97. The fourth-order valence-corrected chi connectivity index (χ4v) is 3.75. The van der Waals surface area contributed by atoms with Crippen LogP contribution in [0.15, 0.2) is 41.3 Å². The van der Waals surface area contributed by atoms with E-state index in [1.165, 1.54) is 20.3 Å². The van der Waals surface area contributed by atoms with Gasteiger partial charge in [-0.2, -0.15) is 0 Å². The number of benzene rings is 2. The van der Waals surface area contributed by atoms with Gasteiger partial charge in [-0.1, -0.05) is 29.3 Å². The first-order valence-electron chi connectivity index (χ1n) is 7.40. The van der Waals surface area contributed by atoms with E-state index in [0.717, 1.165) is 16.7 Å². The molecule has 0 atom stereocenters. The normalized spacial score (nSPS) is 15.7. The van der Waals surface area contributed by atoms with Crippen molar-refractivity contribution in [1.82, 2.24) is 0 Å². The maximum absolute atomic E-state index is 12.8. The van der Waals surface area contributed by atoms with E-state index >= 15 is 0 Å². The number of hydrogen-bond donors (Lipinski definition) is 0. The summed E-state index contributed by atoms with van der Waals surface area (Å²) in [5.74, 6) is 0.430. The summed E-state index contributed by atoms with van der Waals surface area (Å²) in [4.78, 5) is 26.5. The van der Waals surface area contributed by atoms with Gasteiger partial charge in [0.2, 0.25) is 0 Å². The number of amides is 2. The van der Waals surface area contributed by atoms with Crippen LogP contribution in [-0.4, -0.2) is 25.4 Å². The number of thioether (sulfide) groups is 1. The molecule has 1 fully saturated rings. The highest BCUT2D eigenvalue weighted by Crippen LogP contribution is 2.41. The summed E-state index contributed by atoms with van der Waals surface area (Å²) >= 11 is 13.1. The van der Waals surface area contributed by atoms with Gasteiger partial charge in [-0.3, -0.25) is 9.59 Å². The zero-order valence-corrected chi connectivity index (χ0v) is 16.1. The third kappa shape index (κ3) is 3.40. The molecule has 26 heavy (non-hydrogen) atoms. The zero-order valence-electron chi connectivity index (χ0n) is 13.8. The molecule has 1 heterocycles. The molecule has 5 nitrogen and oxygen atoms in total. The number of carbonyl (C=O) groups excluding carboxylic acids is 2. The zero-order chi connectivity index (χ0) is 18.8. The first kappa shape index (κ1) is 18.6. The Morgan fingerprint density at radius 2 is 1.73 bits per heavy atom. The molecule has 0 radical (unpaired) electrons. The quantitative estimate of drug-likeness (QED) is 0.645. The minimum Gasteiger partial charge on any atom is -0.497 e. The van der Waals surface area contributed by atoms with Crippen molar-refractivity contribution >= 4 is 57.9 Å². The number of carbonyl (C=O) groups is 2. The maximum Gasteiger partial charge on any atom is 0.298 e. The largest absolute Gasteiger partial charge is 0.497 e. The van der Waals surface area contributed by atoms with Crippen molar-refractivity contribution in [2.75, 3.05) is 19.1 Å². The van der Waals surface area contributed by atoms with Gasteiger partial charge >= 0.3 is 0 Å². The van der Waals surface area contributed by atoms with Gasteiger partial charge in [0.25, 0.3) is 11.1 Å². The van der Waals surface area contributed by atoms with E-state index in [0.29, 0.717) is 32.8 Å². The van der Waals surface area contributed by atoms with Gasteiger partial charge in [0.15, 0.2) is 0 Å². The third-order valence-corrected chi connectivity index (χ3v) is 5.23. The van der Waals surface area contributed by atoms with Crippen molar-refractivity contribution in [3.05, 3.63) is 56.9 Å². The molecule has 8 heteroatoms. The fourth-order valence-electron chi connectivity index (χ4n) is 2.42. The lowest BCUT2D eigenvalue weighted by molar-refractivity contribution is -0.113. The average Bonchev–Trinajstić information content (AvgIpc) is 2.91. The van der Waals surface area contributed by atoms with Gasteiger partial charge in [0.1, 0.15) is 11.5 Å². The average molecular weight is 410 g/mol. The Hall–Kier alpha value is -2.15. The fraction of sp³-hybridized carbons (Fsp3) is 0.111. The molecule has 0 N–H and O–H groups in total. The molecule has 0 spiro atoms. The molecule has 2 aromatic rings. The summed E-state index contributed by atoms with van der Waals surface area (Å²) in [6.45, 7) is 0. The Bertz CT molecular complexity index is 909. The number of halogens is 2. The summed E-state index contributed by atoms with van der Waals surface area (Å²) in [5, 5.41) is 0.352. The lowest BCUT2D eigenvalue weighted by Gasteiger charge is -2.17. The smallest absolute Gasteiger partial charge is 0.298 e. The van der Waals surface area contributed by atoms with E-state index in [1.807, 2.05) is 0 Å². The van der Waals surface area contributed by atoms with Gasteiger partial charge in [-0.05, 0) is 42.1 Å². The molecule has 0 saturated carbocycles. The summed E-state index contributed by atoms with van der Waals surface area (Å²) in [6, 6.07) is 9.88. The maximum atomic E-state index is 12.8. The number of hydrogen-bond acceptors (Lipinski definition) is 5. The van der Waals surface area contributed by atoms with Crippen molar-refractivity contribution in [2.24, 2.45) is 0 Å². The van der Waals surface area contributed by atoms with Crippen molar-refractivity contribution in [1.29, 1.82) is 0 Å². The van der Waals surface area contributed by atoms with Gasteiger partial charge in [-0.25, -0.2) is 4.90 Å². The summed E-state index contributed by atoms with van der Waals surface area (Å²) in [6.07, 6.45) is 1.52. The van der Waals surface area contributed by atoms with Crippen LogP contribution in [0.3, 0.4) is 0 Å². The summed E-state index contributed by atoms with van der Waals surface area (Å²) in [5.41, 5.74) is 0.826. The number of ether oxygens (including phenoxy) is 2. The minimum absolute atomic E-state index is 0.225. The SMILES string of the molecule is COc1ccc(N2C(=O)S/C(=C\c3c(Cl)cccc3Cl)C2=O)c(OC)c1. The molecular formula is C18H13Cl2NO4S. The predicted molar refractivity (Wildman–Crippen MR) is 104 cm³/mol. The molecule has 0 unspecified atom stereocenters. The van der Waals surface area contributed by atoms with Crippen LogP contribution in [0.25, 0.3) is 6.08 Å². The van der Waals surface area contributed by atoms with Crippen molar-refractivity contribution in [3.8, 4) is 11.5 Å². The Kier molecular flexibility index (Phi) is 5.46. The van der Waals surface area contributed by atoms with Crippen LogP contribution < -0.4 is 14.4 Å². The monoisotopic (exact) mass is 409 g/mol. The van der Waals surface area contributed by atoms with E-state index in [9.17, 15) is 9.59 Å². The first-order chi connectivity index (χ1) is 12.5. The first-order valence-corrected chi connectivity index (χ1v) is 8.97. The lowest BCUT2D eigenvalue weighted by Crippen LogP contribution is -2.28. The van der Waals surface area contributed by atoms with Gasteiger partial charge in [0, 0.05) is 21.7 Å². The van der Waals surface area contributed by atoms with E-state index in [2.05, 4.69) is 0 Å². The van der Waals surface area contributed by atoms with Crippen LogP contribution in [-0.2, 0) is 4.79 Å². The highest BCUT2D eigenvalue weighted by molar-refractivity contribution is 8.19. The molecule has 2 aromatic carbocycles. The minimum atomic E-state index is -0.473. The molecule has 3 rings (SSSR count). The standard InChI is InChI=1S/C18H13Cl2NO4S/c1-24-10-6-7-14(15(8-10)25-2)21-17(22)16(26-18(21)23)9-11-12(19)4-3-5-13(11)20/h3-9H,1-2H3/b16-9-. The van der Waals surface area contributed by atoms with Crippen LogP contribution in [0.1, 0.15) is 5.56 Å². The number of nitrogens with zero attached hydrogens (tertiary/aromatic N) is 1. The van der Waals surface area contributed by atoms with Crippen molar-refractivity contribution in [3.63, 3.8) is 0 Å². The van der Waals surface area contributed by atoms with E-state index in [4.69, 9.17) is 32.7 Å². The Balaban J connectivity index is 2.02. The number of rotatable bonds is 4. The van der Waals surface area contributed by atoms with Crippen LogP contribution in [0.5, 0.6) is 11.5 Å². The second-order valence-corrected chi connectivity index (χ2v) is 7.00. The highest BCUT2D eigenvalue weighted by atomic mass is 35.5. The molecule has 0 aliphatic carbocycles. The van der Waals surface area contributed by atoms with Gasteiger partial charge < -0.3 is 9.47 Å². The molecular weight excluding hydrogens is 397 g/mol. The predicted octanol–water partition coefficient (Wildman–Crippen LogP) is 5.25. The summed E-state index contributed by atoms with van der Waals surface area (Å²) < 4.78 is 10.4. The Morgan fingerprint density at radius 1 is 1.04 bits per heavy atom. The van der Waals surface area contributed by atoms with E-state index < -0.39 is 11.1 Å². The Morgan fingerprint density at radius 3 is 2.35 bits per heavy atom. The van der Waals surface area contributed by atoms with Crippen LogP contribution in [0.2, 0.25) is 10.0 Å². The lowest BCUT2D eigenvalue weighted by atomic mass is 10.2. The van der Waals surface area contributed by atoms with Gasteiger partial charge in [0.05, 0.1) is 24.8 Å². The van der Waals surface area contributed by atoms with Crippen LogP contribution in [0.4, 0.5) is 10.5 Å². The third-order valence-electron chi connectivity index (χ3n) is 3.70. The molecule has 1 aliphatic heterocycles. The number of methoxy groups -OCH3 is 2. The molecule has 0 aromatic heterocycles. The molecule has 2 amide bonds. The number of anilines is 1. The molecule has 0 bridgehead atoms. The molecule has 134 valence electrons. The second-order valence-electron chi connectivity index (χ2n) is 5.19. The molecule has 1 saturated heterocycles. The topological polar surface area (TPSA) is 55.8 Å². The Labute approximate surface area is 164 Å². The highest BCUT2D eigenvalue weighted by Gasteiger charge is 2.38. The van der Waals surface area contributed by atoms with E-state index in [-0.39, 0.29) is 4.91 Å². The second kappa shape index (κ2) is 7.61. The van der Waals surface area contributed by atoms with Crippen molar-refractivity contribution < 1.29 is 19.1 Å².